The van der Waals surface area contributed by atoms with E-state index >= 15 is 0 Å². The fourth-order valence-corrected chi connectivity index (χ4v) is 3.46. The molecule has 0 bridgehead atoms. The molecule has 1 fully saturated rings. The Kier molecular flexibility index (Phi) is 5.71. The number of likely N-dealkylation sites (tertiary alicyclic amines) is 1. The Morgan fingerprint density at radius 1 is 1.16 bits per heavy atom. The summed E-state index contributed by atoms with van der Waals surface area (Å²) in [4.78, 5) is 13.4. The predicted molar refractivity (Wildman–Crippen MR) is 97.8 cm³/mol. The van der Waals surface area contributed by atoms with Gasteiger partial charge in [0.2, 0.25) is 0 Å². The van der Waals surface area contributed by atoms with E-state index in [0.29, 0.717) is 6.42 Å². The molecule has 4 nitrogen and oxygen atoms in total. The Morgan fingerprint density at radius 3 is 2.48 bits per heavy atom. The van der Waals surface area contributed by atoms with Gasteiger partial charge < -0.3 is 9.84 Å². The number of carboxylic acid groups (broad SMARTS) is 1. The number of nitrogens with zero attached hydrogens (tertiary/aromatic N) is 1. The van der Waals surface area contributed by atoms with Crippen LogP contribution in [0.25, 0.3) is 0 Å². The van der Waals surface area contributed by atoms with Crippen LogP contribution in [0.5, 0.6) is 5.75 Å². The maximum Gasteiger partial charge on any atom is 0.321 e. The molecule has 2 atom stereocenters. The lowest BCUT2D eigenvalue weighted by molar-refractivity contribution is -0.145. The van der Waals surface area contributed by atoms with Crippen molar-refractivity contribution in [3.05, 3.63) is 65.7 Å². The molecule has 1 saturated heterocycles. The van der Waals surface area contributed by atoms with E-state index in [0.717, 1.165) is 31.6 Å². The van der Waals surface area contributed by atoms with Gasteiger partial charge in [0.1, 0.15) is 11.8 Å². The highest BCUT2D eigenvalue weighted by Gasteiger charge is 2.35. The average Bonchev–Trinajstić information content (AvgIpc) is 3.12. The summed E-state index contributed by atoms with van der Waals surface area (Å²) in [5, 5.41) is 9.37. The van der Waals surface area contributed by atoms with Gasteiger partial charge in [0.05, 0.1) is 0 Å². The molecule has 25 heavy (non-hydrogen) atoms. The molecular formula is C21H25NO3. The molecule has 1 heterocycles. The van der Waals surface area contributed by atoms with Crippen molar-refractivity contribution in [3.63, 3.8) is 0 Å². The Balaban J connectivity index is 1.64. The first-order valence-electron chi connectivity index (χ1n) is 8.95. The van der Waals surface area contributed by atoms with Gasteiger partial charge >= 0.3 is 5.97 Å². The summed E-state index contributed by atoms with van der Waals surface area (Å²) in [6.07, 6.45) is 3.07. The summed E-state index contributed by atoms with van der Waals surface area (Å²) in [6.45, 7) is 2.81. The second-order valence-electron chi connectivity index (χ2n) is 6.52. The van der Waals surface area contributed by atoms with Crippen LogP contribution < -0.4 is 4.74 Å². The highest BCUT2D eigenvalue weighted by molar-refractivity contribution is 5.73. The van der Waals surface area contributed by atoms with Crippen molar-refractivity contribution >= 4 is 5.97 Å². The largest absolute Gasteiger partial charge is 0.480 e. The Morgan fingerprint density at radius 2 is 1.84 bits per heavy atom. The second kappa shape index (κ2) is 8.17. The number of rotatable bonds is 7. The lowest BCUT2D eigenvalue weighted by atomic mass is 10.1. The lowest BCUT2D eigenvalue weighted by Gasteiger charge is -2.30. The van der Waals surface area contributed by atoms with Crippen LogP contribution in [0.2, 0.25) is 0 Å². The van der Waals surface area contributed by atoms with Gasteiger partial charge in [-0.05, 0) is 48.9 Å². The van der Waals surface area contributed by atoms with Crippen LogP contribution in [0.4, 0.5) is 0 Å². The number of hydrogen-bond acceptors (Lipinski definition) is 3. The van der Waals surface area contributed by atoms with Crippen LogP contribution in [0.1, 0.15) is 37.3 Å². The summed E-state index contributed by atoms with van der Waals surface area (Å²) in [5.41, 5.74) is 2.51. The SMILES string of the molecule is CCC(Oc1ccc(Cc2ccccc2)cc1)N1CCC[C@H]1C(=O)O. The van der Waals surface area contributed by atoms with Crippen molar-refractivity contribution in [2.24, 2.45) is 0 Å². The van der Waals surface area contributed by atoms with Gasteiger partial charge in [-0.1, -0.05) is 49.4 Å². The number of aliphatic carboxylic acids is 1. The number of ether oxygens (including phenoxy) is 1. The highest BCUT2D eigenvalue weighted by Crippen LogP contribution is 2.25. The molecule has 2 aromatic rings. The smallest absolute Gasteiger partial charge is 0.321 e. The standard InChI is InChI=1S/C21H25NO3/c1-2-20(22-14-6-9-19(22)21(23)24)25-18-12-10-17(11-13-18)15-16-7-4-3-5-8-16/h3-5,7-8,10-13,19-20H,2,6,9,14-15H2,1H3,(H,23,24)/t19-,20?/m0/s1. The highest BCUT2D eigenvalue weighted by atomic mass is 16.5. The van der Waals surface area contributed by atoms with E-state index in [9.17, 15) is 9.90 Å². The molecule has 4 heteroatoms. The molecule has 3 rings (SSSR count). The van der Waals surface area contributed by atoms with E-state index in [1.165, 1.54) is 11.1 Å². The molecule has 0 amide bonds. The van der Waals surface area contributed by atoms with Gasteiger partial charge in [0.25, 0.3) is 0 Å². The maximum atomic E-state index is 11.4. The van der Waals surface area contributed by atoms with Crippen LogP contribution in [0.15, 0.2) is 54.6 Å². The zero-order valence-corrected chi connectivity index (χ0v) is 14.6. The van der Waals surface area contributed by atoms with Gasteiger partial charge in [-0.3, -0.25) is 9.69 Å². The molecule has 0 saturated carbocycles. The van der Waals surface area contributed by atoms with E-state index in [4.69, 9.17) is 4.74 Å². The molecule has 0 aliphatic carbocycles. The maximum absolute atomic E-state index is 11.4. The topological polar surface area (TPSA) is 49.8 Å². The number of hydrogen-bond donors (Lipinski definition) is 1. The lowest BCUT2D eigenvalue weighted by Crippen LogP contribution is -2.45. The Labute approximate surface area is 149 Å². The third-order valence-electron chi connectivity index (χ3n) is 4.74. The monoisotopic (exact) mass is 339 g/mol. The zero-order chi connectivity index (χ0) is 17.6. The van der Waals surface area contributed by atoms with E-state index in [-0.39, 0.29) is 6.23 Å². The first-order valence-corrected chi connectivity index (χ1v) is 8.95. The summed E-state index contributed by atoms with van der Waals surface area (Å²) in [7, 11) is 0. The minimum absolute atomic E-state index is 0.191. The summed E-state index contributed by atoms with van der Waals surface area (Å²) >= 11 is 0. The molecule has 0 aromatic heterocycles. The van der Waals surface area contributed by atoms with Gasteiger partial charge in [-0.15, -0.1) is 0 Å². The van der Waals surface area contributed by atoms with Gasteiger partial charge in [-0.25, -0.2) is 0 Å². The van der Waals surface area contributed by atoms with Crippen LogP contribution in [-0.2, 0) is 11.2 Å². The van der Waals surface area contributed by atoms with E-state index in [1.807, 2.05) is 42.2 Å². The molecule has 2 aromatic carbocycles. The zero-order valence-electron chi connectivity index (χ0n) is 14.6. The van der Waals surface area contributed by atoms with Crippen molar-refractivity contribution in [2.75, 3.05) is 6.54 Å². The molecule has 1 N–H and O–H groups in total. The minimum Gasteiger partial charge on any atom is -0.480 e. The van der Waals surface area contributed by atoms with E-state index in [2.05, 4.69) is 24.3 Å². The first-order chi connectivity index (χ1) is 12.2. The molecule has 0 spiro atoms. The third-order valence-corrected chi connectivity index (χ3v) is 4.74. The third kappa shape index (κ3) is 4.40. The van der Waals surface area contributed by atoms with Crippen LogP contribution in [-0.4, -0.2) is 34.8 Å². The number of benzene rings is 2. The van der Waals surface area contributed by atoms with Crippen molar-refractivity contribution in [1.82, 2.24) is 4.90 Å². The van der Waals surface area contributed by atoms with Gasteiger partial charge in [0, 0.05) is 6.54 Å². The normalized spacial score (nSPS) is 18.8. The first kappa shape index (κ1) is 17.5. The van der Waals surface area contributed by atoms with E-state index < -0.39 is 12.0 Å². The number of carboxylic acids is 1. The Bertz CT molecular complexity index is 684. The van der Waals surface area contributed by atoms with Crippen molar-refractivity contribution in [3.8, 4) is 5.75 Å². The molecular weight excluding hydrogens is 314 g/mol. The Hall–Kier alpha value is -2.33. The van der Waals surface area contributed by atoms with Crippen LogP contribution in [0, 0.1) is 0 Å². The summed E-state index contributed by atoms with van der Waals surface area (Å²) in [6, 6.07) is 18.0. The molecule has 132 valence electrons. The number of carbonyl (C=O) groups is 1. The summed E-state index contributed by atoms with van der Waals surface area (Å²) < 4.78 is 6.10. The fourth-order valence-electron chi connectivity index (χ4n) is 3.46. The predicted octanol–water partition coefficient (Wildman–Crippen LogP) is 3.94. The van der Waals surface area contributed by atoms with Gasteiger partial charge in [0.15, 0.2) is 6.23 Å². The molecule has 1 aliphatic heterocycles. The van der Waals surface area contributed by atoms with Crippen molar-refractivity contribution < 1.29 is 14.6 Å². The molecule has 1 aliphatic rings. The second-order valence-corrected chi connectivity index (χ2v) is 6.52. The molecule has 1 unspecified atom stereocenters. The molecule has 0 radical (unpaired) electrons. The van der Waals surface area contributed by atoms with E-state index in [1.54, 1.807) is 0 Å². The summed E-state index contributed by atoms with van der Waals surface area (Å²) in [5.74, 6) is 0.0393. The average molecular weight is 339 g/mol. The van der Waals surface area contributed by atoms with Crippen LogP contribution >= 0.6 is 0 Å². The van der Waals surface area contributed by atoms with Crippen LogP contribution in [0.3, 0.4) is 0 Å². The van der Waals surface area contributed by atoms with Crippen molar-refractivity contribution in [1.29, 1.82) is 0 Å². The quantitative estimate of drug-likeness (QED) is 0.830. The van der Waals surface area contributed by atoms with Crippen molar-refractivity contribution in [2.45, 2.75) is 44.9 Å². The fraction of sp³-hybridized carbons (Fsp3) is 0.381. The van der Waals surface area contributed by atoms with Gasteiger partial charge in [-0.2, -0.15) is 0 Å². The minimum atomic E-state index is -0.752.